The van der Waals surface area contributed by atoms with Gasteiger partial charge in [-0.2, -0.15) is 0 Å². The molecule has 1 saturated heterocycles. The van der Waals surface area contributed by atoms with Crippen LogP contribution in [0.25, 0.3) is 0 Å². The molecule has 0 radical (unpaired) electrons. The van der Waals surface area contributed by atoms with Gasteiger partial charge in [0.05, 0.1) is 18.1 Å². The Morgan fingerprint density at radius 1 is 1.00 bits per heavy atom. The van der Waals surface area contributed by atoms with Crippen LogP contribution in [0.15, 0.2) is 60.7 Å². The first-order valence-corrected chi connectivity index (χ1v) is 6.83. The quantitative estimate of drug-likeness (QED) is 0.492. The van der Waals surface area contributed by atoms with Gasteiger partial charge in [-0.3, -0.25) is 4.90 Å². The van der Waals surface area contributed by atoms with Crippen LogP contribution in [-0.4, -0.2) is 23.5 Å². The van der Waals surface area contributed by atoms with Gasteiger partial charge in [-0.25, -0.2) is 0 Å². The first-order chi connectivity index (χ1) is 9.77. The van der Waals surface area contributed by atoms with Gasteiger partial charge >= 0.3 is 29.6 Å². The molecule has 1 heterocycles. The summed E-state index contributed by atoms with van der Waals surface area (Å²) >= 11 is 0. The Bertz CT molecular complexity index is 588. The first-order valence-electron chi connectivity index (χ1n) is 6.83. The van der Waals surface area contributed by atoms with Crippen LogP contribution in [0.4, 0.5) is 0 Å². The maximum absolute atomic E-state index is 11.2. The minimum absolute atomic E-state index is 0. The normalized spacial score (nSPS) is 23.1. The number of aliphatic carboxylic acids is 1. The topological polar surface area (TPSA) is 43.1 Å². The molecule has 21 heavy (non-hydrogen) atoms. The van der Waals surface area contributed by atoms with Crippen LogP contribution < -0.4 is 34.7 Å². The van der Waals surface area contributed by atoms with Crippen molar-refractivity contribution in [1.82, 2.24) is 4.90 Å². The summed E-state index contributed by atoms with van der Waals surface area (Å²) < 4.78 is 0. The first kappa shape index (κ1) is 16.2. The third kappa shape index (κ3) is 3.74. The number of carbonyl (C=O) groups excluding carboxylic acids is 1. The number of carboxylic acid groups (broad SMARTS) is 1. The monoisotopic (exact) mass is 289 g/mol. The summed E-state index contributed by atoms with van der Waals surface area (Å²) in [4.78, 5) is 13.2. The minimum Gasteiger partial charge on any atom is -0.548 e. The van der Waals surface area contributed by atoms with E-state index in [2.05, 4.69) is 12.1 Å². The van der Waals surface area contributed by atoms with Crippen molar-refractivity contribution in [2.75, 3.05) is 6.54 Å². The van der Waals surface area contributed by atoms with Crippen LogP contribution in [0.1, 0.15) is 17.2 Å². The van der Waals surface area contributed by atoms with Crippen molar-refractivity contribution in [2.45, 2.75) is 18.5 Å². The second-order valence-electron chi connectivity index (χ2n) is 5.09. The maximum atomic E-state index is 11.2. The molecule has 0 aliphatic carbocycles. The zero-order valence-electron chi connectivity index (χ0n) is 12.1. The number of carboxylic acids is 1. The summed E-state index contributed by atoms with van der Waals surface area (Å²) in [5.41, 5.74) is 2.28. The fraction of sp³-hybridized carbons (Fsp3) is 0.235. The van der Waals surface area contributed by atoms with E-state index in [4.69, 9.17) is 0 Å². The molecule has 102 valence electrons. The van der Waals surface area contributed by atoms with Gasteiger partial charge < -0.3 is 9.90 Å². The molecule has 1 unspecified atom stereocenters. The van der Waals surface area contributed by atoms with E-state index in [0.717, 1.165) is 18.5 Å². The van der Waals surface area contributed by atoms with Crippen LogP contribution in [0.2, 0.25) is 0 Å². The van der Waals surface area contributed by atoms with Gasteiger partial charge in [-0.15, -0.1) is 0 Å². The maximum Gasteiger partial charge on any atom is 1.00 e. The summed E-state index contributed by atoms with van der Waals surface area (Å²) in [6.45, 7) is 0.738. The van der Waals surface area contributed by atoms with E-state index in [9.17, 15) is 9.90 Å². The number of hydrogen-bond donors (Lipinski definition) is 0. The molecule has 0 spiro atoms. The molecule has 1 fully saturated rings. The molecule has 0 bridgehead atoms. The number of carbonyl (C=O) groups is 1. The molecule has 1 aliphatic heterocycles. The second kappa shape index (κ2) is 7.23. The van der Waals surface area contributed by atoms with E-state index in [1.165, 1.54) is 5.56 Å². The van der Waals surface area contributed by atoms with Crippen molar-refractivity contribution < 1.29 is 39.5 Å². The van der Waals surface area contributed by atoms with Crippen molar-refractivity contribution >= 4 is 5.97 Å². The average molecular weight is 289 g/mol. The molecule has 2 aromatic carbocycles. The predicted molar refractivity (Wildman–Crippen MR) is 74.8 cm³/mol. The SMILES string of the molecule is O=C([O-])[C@@H]1[C@H](c2ccccc2)N1CCc1ccccc1.[Na+]. The summed E-state index contributed by atoms with van der Waals surface area (Å²) in [6, 6.07) is 19.4. The van der Waals surface area contributed by atoms with Crippen molar-refractivity contribution in [3.63, 3.8) is 0 Å². The van der Waals surface area contributed by atoms with Gasteiger partial charge in [0.1, 0.15) is 0 Å². The standard InChI is InChI=1S/C17H17NO2.Na/c19-17(20)16-15(14-9-5-2-6-10-14)18(16)12-11-13-7-3-1-4-8-13;/h1-10,15-16H,11-12H2,(H,19,20);/q;+1/p-1/t15-,16-,18?;/m0./s1. The molecule has 3 rings (SSSR count). The summed E-state index contributed by atoms with van der Waals surface area (Å²) in [7, 11) is 0. The Morgan fingerprint density at radius 3 is 2.14 bits per heavy atom. The van der Waals surface area contributed by atoms with Crippen molar-refractivity contribution in [3.8, 4) is 0 Å². The summed E-state index contributed by atoms with van der Waals surface area (Å²) in [6.07, 6.45) is 0.855. The molecular weight excluding hydrogens is 273 g/mol. The van der Waals surface area contributed by atoms with E-state index >= 15 is 0 Å². The molecule has 1 aliphatic rings. The largest absolute Gasteiger partial charge is 1.00 e. The van der Waals surface area contributed by atoms with Crippen LogP contribution in [0, 0.1) is 0 Å². The van der Waals surface area contributed by atoms with Crippen molar-refractivity contribution in [1.29, 1.82) is 0 Å². The molecule has 0 aromatic heterocycles. The summed E-state index contributed by atoms with van der Waals surface area (Å²) in [5.74, 6) is -0.980. The van der Waals surface area contributed by atoms with E-state index in [0.29, 0.717) is 0 Å². The molecule has 4 heteroatoms. The molecule has 2 aromatic rings. The number of benzene rings is 2. The van der Waals surface area contributed by atoms with E-state index < -0.39 is 12.0 Å². The van der Waals surface area contributed by atoms with Gasteiger partial charge in [-0.05, 0) is 17.5 Å². The fourth-order valence-corrected chi connectivity index (χ4v) is 2.75. The third-order valence-electron chi connectivity index (χ3n) is 3.81. The van der Waals surface area contributed by atoms with E-state index in [1.54, 1.807) is 0 Å². The predicted octanol–water partition coefficient (Wildman–Crippen LogP) is -1.59. The van der Waals surface area contributed by atoms with Gasteiger partial charge in [0.15, 0.2) is 0 Å². The zero-order chi connectivity index (χ0) is 13.9. The number of rotatable bonds is 5. The van der Waals surface area contributed by atoms with Crippen LogP contribution in [0.3, 0.4) is 0 Å². The van der Waals surface area contributed by atoms with Crippen LogP contribution in [-0.2, 0) is 11.2 Å². The minimum atomic E-state index is -0.980. The molecular formula is C17H16NNaO2. The Kier molecular flexibility index (Phi) is 5.59. The van der Waals surface area contributed by atoms with E-state index in [1.807, 2.05) is 53.4 Å². The molecule has 0 N–H and O–H groups in total. The Labute approximate surface area is 146 Å². The Hall–Kier alpha value is -1.13. The number of hydrogen-bond acceptors (Lipinski definition) is 3. The van der Waals surface area contributed by atoms with Crippen LogP contribution >= 0.6 is 0 Å². The van der Waals surface area contributed by atoms with Gasteiger partial charge in [-0.1, -0.05) is 60.7 Å². The Balaban J connectivity index is 0.00000161. The fourth-order valence-electron chi connectivity index (χ4n) is 2.75. The van der Waals surface area contributed by atoms with Gasteiger partial charge in [0.25, 0.3) is 0 Å². The molecule has 3 atom stereocenters. The second-order valence-corrected chi connectivity index (χ2v) is 5.09. The molecule has 0 amide bonds. The molecule has 3 nitrogen and oxygen atoms in total. The number of nitrogens with zero attached hydrogens (tertiary/aromatic N) is 1. The van der Waals surface area contributed by atoms with E-state index in [-0.39, 0.29) is 35.6 Å². The zero-order valence-corrected chi connectivity index (χ0v) is 14.1. The van der Waals surface area contributed by atoms with Crippen LogP contribution in [0.5, 0.6) is 0 Å². The summed E-state index contributed by atoms with van der Waals surface area (Å²) in [5, 5.41) is 11.2. The third-order valence-corrected chi connectivity index (χ3v) is 3.81. The average Bonchev–Trinajstić information content (AvgIpc) is 3.22. The smallest absolute Gasteiger partial charge is 0.548 e. The van der Waals surface area contributed by atoms with Gasteiger partial charge in [0, 0.05) is 6.54 Å². The van der Waals surface area contributed by atoms with Crippen molar-refractivity contribution in [2.24, 2.45) is 0 Å². The Morgan fingerprint density at radius 2 is 1.57 bits per heavy atom. The van der Waals surface area contributed by atoms with Crippen molar-refractivity contribution in [3.05, 3.63) is 71.8 Å². The van der Waals surface area contributed by atoms with Gasteiger partial charge in [0.2, 0.25) is 0 Å². The molecule has 0 saturated carbocycles.